The average molecular weight is 318 g/mol. The molecule has 0 saturated carbocycles. The van der Waals surface area contributed by atoms with Crippen LogP contribution in [0.5, 0.6) is 0 Å². The molecule has 2 saturated heterocycles. The Kier molecular flexibility index (Phi) is 4.34. The molecule has 0 amide bonds. The predicted molar refractivity (Wildman–Crippen MR) is 90.9 cm³/mol. The van der Waals surface area contributed by atoms with Crippen LogP contribution >= 0.6 is 0 Å². The minimum absolute atomic E-state index is 0.229. The minimum atomic E-state index is -0.317. The third-order valence-electron chi connectivity index (χ3n) is 5.65. The van der Waals surface area contributed by atoms with Gasteiger partial charge in [-0.3, -0.25) is 0 Å². The van der Waals surface area contributed by atoms with E-state index in [1.165, 1.54) is 5.56 Å². The smallest absolute Gasteiger partial charge is 0.399 e. The van der Waals surface area contributed by atoms with Crippen LogP contribution in [0, 0.1) is 0 Å². The van der Waals surface area contributed by atoms with E-state index in [9.17, 15) is 0 Å². The van der Waals surface area contributed by atoms with E-state index in [0.29, 0.717) is 0 Å². The van der Waals surface area contributed by atoms with Crippen LogP contribution in [-0.4, -0.2) is 38.6 Å². The third kappa shape index (κ3) is 2.96. The van der Waals surface area contributed by atoms with Crippen molar-refractivity contribution >= 4 is 12.6 Å². The van der Waals surface area contributed by atoms with Crippen LogP contribution in [0.1, 0.15) is 46.1 Å². The topological polar surface area (TPSA) is 36.9 Å². The molecule has 23 heavy (non-hydrogen) atoms. The lowest BCUT2D eigenvalue weighted by Crippen LogP contribution is -2.41. The first kappa shape index (κ1) is 17.0. The fourth-order valence-electron chi connectivity index (χ4n) is 3.23. The van der Waals surface area contributed by atoms with Gasteiger partial charge in [0.15, 0.2) is 0 Å². The molecule has 2 fully saturated rings. The van der Waals surface area contributed by atoms with Crippen LogP contribution in [0.2, 0.25) is 0 Å². The van der Waals surface area contributed by atoms with Gasteiger partial charge >= 0.3 is 7.12 Å². The summed E-state index contributed by atoms with van der Waals surface area (Å²) >= 11 is 0. The SMILES string of the molecule is COC1(c2ccc(B3OC(C)(C)C(C)(C)O3)cc2)CCOCC1. The molecular formula is C18H27BO4. The van der Waals surface area contributed by atoms with Gasteiger partial charge in [0.05, 0.1) is 16.8 Å². The quantitative estimate of drug-likeness (QED) is 0.803. The zero-order valence-corrected chi connectivity index (χ0v) is 14.8. The highest BCUT2D eigenvalue weighted by atomic mass is 16.7. The van der Waals surface area contributed by atoms with Crippen molar-refractivity contribution in [3.8, 4) is 0 Å². The Morgan fingerprint density at radius 3 is 1.91 bits per heavy atom. The second kappa shape index (κ2) is 5.89. The molecule has 3 rings (SSSR count). The molecule has 1 aromatic rings. The maximum Gasteiger partial charge on any atom is 0.494 e. The molecule has 5 heteroatoms. The largest absolute Gasteiger partial charge is 0.494 e. The summed E-state index contributed by atoms with van der Waals surface area (Å²) in [7, 11) is 1.47. The van der Waals surface area contributed by atoms with E-state index < -0.39 is 0 Å². The van der Waals surface area contributed by atoms with Crippen molar-refractivity contribution in [3.63, 3.8) is 0 Å². The lowest BCUT2D eigenvalue weighted by Gasteiger charge is -2.36. The highest BCUT2D eigenvalue weighted by Crippen LogP contribution is 2.37. The van der Waals surface area contributed by atoms with E-state index >= 15 is 0 Å². The van der Waals surface area contributed by atoms with Crippen molar-refractivity contribution in [2.75, 3.05) is 20.3 Å². The first-order valence-electron chi connectivity index (χ1n) is 8.39. The summed E-state index contributed by atoms with van der Waals surface area (Å²) in [6, 6.07) is 8.45. The van der Waals surface area contributed by atoms with E-state index in [4.69, 9.17) is 18.8 Å². The Labute approximate surface area is 139 Å². The van der Waals surface area contributed by atoms with Gasteiger partial charge in [-0.1, -0.05) is 24.3 Å². The minimum Gasteiger partial charge on any atom is -0.399 e. The summed E-state index contributed by atoms with van der Waals surface area (Å²) in [5.41, 5.74) is 1.39. The van der Waals surface area contributed by atoms with Gasteiger partial charge in [-0.25, -0.2) is 0 Å². The van der Waals surface area contributed by atoms with Crippen molar-refractivity contribution in [2.45, 2.75) is 57.3 Å². The zero-order valence-electron chi connectivity index (χ0n) is 14.8. The number of ether oxygens (including phenoxy) is 2. The molecule has 4 nitrogen and oxygen atoms in total. The standard InChI is InChI=1S/C18H27BO4/c1-16(2)17(3,4)23-19(22-16)15-8-6-14(7-9-15)18(20-5)10-12-21-13-11-18/h6-9H,10-13H2,1-5H3. The monoisotopic (exact) mass is 318 g/mol. The Balaban J connectivity index is 1.80. The van der Waals surface area contributed by atoms with Gasteiger partial charge in [0.1, 0.15) is 0 Å². The summed E-state index contributed by atoms with van der Waals surface area (Å²) in [5, 5.41) is 0. The van der Waals surface area contributed by atoms with E-state index in [2.05, 4.69) is 52.0 Å². The molecule has 0 aliphatic carbocycles. The highest BCUT2D eigenvalue weighted by Gasteiger charge is 2.51. The molecule has 0 N–H and O–H groups in total. The van der Waals surface area contributed by atoms with E-state index in [0.717, 1.165) is 31.5 Å². The summed E-state index contributed by atoms with van der Waals surface area (Å²) in [6.45, 7) is 9.78. The molecule has 0 aromatic heterocycles. The van der Waals surface area contributed by atoms with Crippen LogP contribution in [0.4, 0.5) is 0 Å². The van der Waals surface area contributed by atoms with Gasteiger partial charge in [0, 0.05) is 33.2 Å². The zero-order chi connectivity index (χ0) is 16.7. The average Bonchev–Trinajstić information content (AvgIpc) is 2.76. The van der Waals surface area contributed by atoms with Crippen molar-refractivity contribution in [3.05, 3.63) is 29.8 Å². The van der Waals surface area contributed by atoms with Crippen LogP contribution in [0.15, 0.2) is 24.3 Å². The molecule has 0 unspecified atom stereocenters. The highest BCUT2D eigenvalue weighted by molar-refractivity contribution is 6.62. The number of benzene rings is 1. The molecule has 0 bridgehead atoms. The Hall–Kier alpha value is -0.875. The second-order valence-corrected chi connectivity index (χ2v) is 7.52. The van der Waals surface area contributed by atoms with E-state index in [-0.39, 0.29) is 23.9 Å². The molecule has 2 aliphatic rings. The summed E-state index contributed by atoms with van der Waals surface area (Å²) in [6.07, 6.45) is 1.78. The third-order valence-corrected chi connectivity index (χ3v) is 5.65. The normalized spacial score (nSPS) is 25.5. The van der Waals surface area contributed by atoms with E-state index in [1.807, 2.05) is 0 Å². The fourth-order valence-corrected chi connectivity index (χ4v) is 3.23. The van der Waals surface area contributed by atoms with E-state index in [1.54, 1.807) is 7.11 Å². The van der Waals surface area contributed by atoms with Crippen molar-refractivity contribution in [1.82, 2.24) is 0 Å². The Bertz CT molecular complexity index is 531. The van der Waals surface area contributed by atoms with Gasteiger partial charge in [0.25, 0.3) is 0 Å². The molecule has 1 aromatic carbocycles. The molecule has 0 radical (unpaired) electrons. The lowest BCUT2D eigenvalue weighted by atomic mass is 9.77. The van der Waals surface area contributed by atoms with Gasteiger partial charge in [-0.15, -0.1) is 0 Å². The molecule has 0 atom stereocenters. The molecule has 126 valence electrons. The first-order chi connectivity index (χ1) is 10.8. The molecule has 2 aliphatic heterocycles. The van der Waals surface area contributed by atoms with Crippen LogP contribution in [0.25, 0.3) is 0 Å². The summed E-state index contributed by atoms with van der Waals surface area (Å²) in [4.78, 5) is 0. The number of rotatable bonds is 3. The summed E-state index contributed by atoms with van der Waals surface area (Å²) in [5.74, 6) is 0. The van der Waals surface area contributed by atoms with Gasteiger partial charge in [0.2, 0.25) is 0 Å². The lowest BCUT2D eigenvalue weighted by molar-refractivity contribution is -0.0947. The molecule has 2 heterocycles. The Morgan fingerprint density at radius 1 is 0.913 bits per heavy atom. The van der Waals surface area contributed by atoms with Gasteiger partial charge in [-0.2, -0.15) is 0 Å². The van der Waals surface area contributed by atoms with Crippen molar-refractivity contribution < 1.29 is 18.8 Å². The molecular weight excluding hydrogens is 291 g/mol. The van der Waals surface area contributed by atoms with Crippen molar-refractivity contribution in [1.29, 1.82) is 0 Å². The van der Waals surface area contributed by atoms with Crippen LogP contribution < -0.4 is 5.46 Å². The van der Waals surface area contributed by atoms with Crippen molar-refractivity contribution in [2.24, 2.45) is 0 Å². The first-order valence-corrected chi connectivity index (χ1v) is 8.39. The fraction of sp³-hybridized carbons (Fsp3) is 0.667. The maximum absolute atomic E-state index is 6.11. The van der Waals surface area contributed by atoms with Crippen LogP contribution in [-0.2, 0) is 24.4 Å². The number of methoxy groups -OCH3 is 1. The van der Waals surface area contributed by atoms with Crippen LogP contribution in [0.3, 0.4) is 0 Å². The summed E-state index contributed by atoms with van der Waals surface area (Å²) < 4.78 is 23.6. The molecule has 0 spiro atoms. The number of hydrogen-bond acceptors (Lipinski definition) is 4. The van der Waals surface area contributed by atoms with Gasteiger partial charge < -0.3 is 18.8 Å². The maximum atomic E-state index is 6.11. The van der Waals surface area contributed by atoms with Gasteiger partial charge in [-0.05, 0) is 38.7 Å². The number of hydrogen-bond donors (Lipinski definition) is 0. The second-order valence-electron chi connectivity index (χ2n) is 7.52. The predicted octanol–water partition coefficient (Wildman–Crippen LogP) is 2.64. The Morgan fingerprint density at radius 2 is 1.43 bits per heavy atom.